The number of rotatable bonds is 6. The first-order valence-corrected chi connectivity index (χ1v) is 11.1. The minimum Gasteiger partial charge on any atom is -0.497 e. The lowest BCUT2D eigenvalue weighted by atomic mass is 10.00. The molecule has 3 rings (SSSR count). The molecule has 1 aliphatic heterocycles. The molecule has 156 valence electrons. The summed E-state index contributed by atoms with van der Waals surface area (Å²) < 4.78 is 32.4. The van der Waals surface area contributed by atoms with Crippen LogP contribution in [0.1, 0.15) is 18.4 Å². The van der Waals surface area contributed by atoms with Gasteiger partial charge in [0.05, 0.1) is 12.0 Å². The fourth-order valence-electron chi connectivity index (χ4n) is 3.36. The number of piperidine rings is 1. The summed E-state index contributed by atoms with van der Waals surface area (Å²) in [7, 11) is -2.02. The van der Waals surface area contributed by atoms with Crippen molar-refractivity contribution in [2.24, 2.45) is 5.92 Å². The highest BCUT2D eigenvalue weighted by molar-refractivity contribution is 7.89. The minimum absolute atomic E-state index is 0.0699. The van der Waals surface area contributed by atoms with Crippen LogP contribution in [0.25, 0.3) is 0 Å². The average Bonchev–Trinajstić information content (AvgIpc) is 2.74. The van der Waals surface area contributed by atoms with Crippen molar-refractivity contribution in [3.63, 3.8) is 0 Å². The van der Waals surface area contributed by atoms with Gasteiger partial charge in [-0.1, -0.05) is 17.7 Å². The van der Waals surface area contributed by atoms with Crippen LogP contribution < -0.4 is 15.4 Å². The summed E-state index contributed by atoms with van der Waals surface area (Å²) in [4.78, 5) is 12.4. The second-order valence-corrected chi connectivity index (χ2v) is 9.19. The molecule has 2 amide bonds. The van der Waals surface area contributed by atoms with Crippen molar-refractivity contribution in [3.8, 4) is 5.75 Å². The van der Waals surface area contributed by atoms with E-state index in [2.05, 4.69) is 10.6 Å². The first-order valence-electron chi connectivity index (χ1n) is 9.64. The number of carbonyl (C=O) groups excluding carboxylic acids is 1. The van der Waals surface area contributed by atoms with Gasteiger partial charge in [0, 0.05) is 25.3 Å². The molecular weight excluding hydrogens is 390 g/mol. The van der Waals surface area contributed by atoms with Gasteiger partial charge >= 0.3 is 6.03 Å². The van der Waals surface area contributed by atoms with Crippen molar-refractivity contribution in [3.05, 3.63) is 54.1 Å². The van der Waals surface area contributed by atoms with E-state index in [-0.39, 0.29) is 16.8 Å². The molecule has 1 heterocycles. The number of aryl methyl sites for hydroxylation is 1. The molecule has 1 saturated heterocycles. The molecule has 29 heavy (non-hydrogen) atoms. The van der Waals surface area contributed by atoms with E-state index in [0.717, 1.165) is 24.1 Å². The third-order valence-corrected chi connectivity index (χ3v) is 6.92. The van der Waals surface area contributed by atoms with Crippen LogP contribution in [-0.2, 0) is 10.0 Å². The van der Waals surface area contributed by atoms with Gasteiger partial charge in [-0.3, -0.25) is 0 Å². The average molecular weight is 418 g/mol. The number of hydrogen-bond acceptors (Lipinski definition) is 4. The van der Waals surface area contributed by atoms with E-state index < -0.39 is 10.0 Å². The van der Waals surface area contributed by atoms with Gasteiger partial charge in [0.1, 0.15) is 5.75 Å². The molecule has 0 aliphatic carbocycles. The Morgan fingerprint density at radius 2 is 1.83 bits per heavy atom. The van der Waals surface area contributed by atoms with Gasteiger partial charge in [-0.2, -0.15) is 4.31 Å². The van der Waals surface area contributed by atoms with Crippen molar-refractivity contribution in [2.45, 2.75) is 24.7 Å². The second-order valence-electron chi connectivity index (χ2n) is 7.25. The first kappa shape index (κ1) is 21.1. The monoisotopic (exact) mass is 417 g/mol. The molecule has 8 heteroatoms. The van der Waals surface area contributed by atoms with Crippen molar-refractivity contribution in [2.75, 3.05) is 32.1 Å². The normalized spacial score (nSPS) is 17.5. The molecule has 1 aliphatic rings. The summed E-state index contributed by atoms with van der Waals surface area (Å²) in [5.74, 6) is 0.685. The maximum atomic E-state index is 12.9. The van der Waals surface area contributed by atoms with Crippen LogP contribution in [0.5, 0.6) is 5.75 Å². The molecule has 7 nitrogen and oxygen atoms in total. The molecule has 0 bridgehead atoms. The number of benzene rings is 2. The number of methoxy groups -OCH3 is 1. The Labute approximate surface area is 172 Å². The largest absolute Gasteiger partial charge is 0.497 e. The molecule has 1 unspecified atom stereocenters. The minimum atomic E-state index is -3.56. The van der Waals surface area contributed by atoms with Gasteiger partial charge in [-0.15, -0.1) is 0 Å². The Bertz CT molecular complexity index is 927. The summed E-state index contributed by atoms with van der Waals surface area (Å²) >= 11 is 0. The lowest BCUT2D eigenvalue weighted by Gasteiger charge is -2.32. The second kappa shape index (κ2) is 9.28. The smallest absolute Gasteiger partial charge is 0.319 e. The van der Waals surface area contributed by atoms with Gasteiger partial charge in [-0.05, 0) is 62.1 Å². The van der Waals surface area contributed by atoms with E-state index >= 15 is 0 Å². The van der Waals surface area contributed by atoms with Gasteiger partial charge in [0.25, 0.3) is 0 Å². The summed E-state index contributed by atoms with van der Waals surface area (Å²) in [5.41, 5.74) is 1.84. The zero-order valence-electron chi connectivity index (χ0n) is 16.7. The van der Waals surface area contributed by atoms with E-state index in [1.807, 2.05) is 31.2 Å². The molecule has 1 atom stereocenters. The third-order valence-electron chi connectivity index (χ3n) is 5.04. The van der Waals surface area contributed by atoms with Gasteiger partial charge in [-0.25, -0.2) is 13.2 Å². The fraction of sp³-hybridized carbons (Fsp3) is 0.381. The Kier molecular flexibility index (Phi) is 6.76. The van der Waals surface area contributed by atoms with E-state index in [0.29, 0.717) is 25.4 Å². The highest BCUT2D eigenvalue weighted by Crippen LogP contribution is 2.25. The zero-order valence-corrected chi connectivity index (χ0v) is 17.5. The molecule has 0 radical (unpaired) electrons. The maximum Gasteiger partial charge on any atom is 0.319 e. The SMILES string of the molecule is COc1ccc(S(=O)(=O)N2CCCC(CNC(=O)Nc3ccc(C)cc3)C2)cc1. The third kappa shape index (κ3) is 5.48. The summed E-state index contributed by atoms with van der Waals surface area (Å²) in [6.45, 7) is 3.28. The highest BCUT2D eigenvalue weighted by atomic mass is 32.2. The van der Waals surface area contributed by atoms with E-state index in [1.54, 1.807) is 31.4 Å². The number of carbonyl (C=O) groups is 1. The standard InChI is InChI=1S/C21H27N3O4S/c1-16-5-7-18(8-6-16)23-21(25)22-14-17-4-3-13-24(15-17)29(26,27)20-11-9-19(28-2)10-12-20/h5-12,17H,3-4,13-15H2,1-2H3,(H2,22,23,25). The first-order chi connectivity index (χ1) is 13.9. The number of hydrogen-bond donors (Lipinski definition) is 2. The van der Waals surface area contributed by atoms with Crippen LogP contribution >= 0.6 is 0 Å². The fourth-order valence-corrected chi connectivity index (χ4v) is 4.91. The van der Waals surface area contributed by atoms with E-state index in [9.17, 15) is 13.2 Å². The summed E-state index contributed by atoms with van der Waals surface area (Å²) in [6.07, 6.45) is 1.64. The number of nitrogens with zero attached hydrogens (tertiary/aromatic N) is 1. The number of nitrogens with one attached hydrogen (secondary N) is 2. The Morgan fingerprint density at radius 1 is 1.14 bits per heavy atom. The molecule has 0 spiro atoms. The van der Waals surface area contributed by atoms with Gasteiger partial charge < -0.3 is 15.4 Å². The molecule has 0 aromatic heterocycles. The maximum absolute atomic E-state index is 12.9. The summed E-state index contributed by atoms with van der Waals surface area (Å²) in [5, 5.41) is 5.65. The van der Waals surface area contributed by atoms with Crippen molar-refractivity contribution in [1.29, 1.82) is 0 Å². The topological polar surface area (TPSA) is 87.7 Å². The van der Waals surface area contributed by atoms with Crippen molar-refractivity contribution >= 4 is 21.7 Å². The Morgan fingerprint density at radius 3 is 2.48 bits per heavy atom. The zero-order chi connectivity index (χ0) is 20.9. The van der Waals surface area contributed by atoms with E-state index in [4.69, 9.17) is 4.74 Å². The van der Waals surface area contributed by atoms with Crippen LogP contribution in [0.4, 0.5) is 10.5 Å². The number of anilines is 1. The van der Waals surface area contributed by atoms with Crippen LogP contribution in [-0.4, -0.2) is 45.5 Å². The van der Waals surface area contributed by atoms with E-state index in [1.165, 1.54) is 4.31 Å². The Hall–Kier alpha value is -2.58. The van der Waals surface area contributed by atoms with Crippen molar-refractivity contribution < 1.29 is 17.9 Å². The van der Waals surface area contributed by atoms with Crippen LogP contribution in [0.15, 0.2) is 53.4 Å². The number of ether oxygens (including phenoxy) is 1. The molecule has 2 aromatic carbocycles. The molecule has 2 N–H and O–H groups in total. The van der Waals surface area contributed by atoms with Gasteiger partial charge in [0.15, 0.2) is 0 Å². The van der Waals surface area contributed by atoms with Crippen LogP contribution in [0, 0.1) is 12.8 Å². The predicted molar refractivity (Wildman–Crippen MR) is 113 cm³/mol. The quantitative estimate of drug-likeness (QED) is 0.755. The summed E-state index contributed by atoms with van der Waals surface area (Å²) in [6, 6.07) is 13.7. The Balaban J connectivity index is 1.55. The predicted octanol–water partition coefficient (Wildman–Crippen LogP) is 3.23. The number of amides is 2. The lowest BCUT2D eigenvalue weighted by Crippen LogP contribution is -2.44. The molecule has 0 saturated carbocycles. The number of urea groups is 1. The molecule has 2 aromatic rings. The lowest BCUT2D eigenvalue weighted by molar-refractivity contribution is 0.238. The number of sulfonamides is 1. The molecule has 1 fully saturated rings. The van der Waals surface area contributed by atoms with Crippen LogP contribution in [0.3, 0.4) is 0 Å². The van der Waals surface area contributed by atoms with Crippen LogP contribution in [0.2, 0.25) is 0 Å². The highest BCUT2D eigenvalue weighted by Gasteiger charge is 2.30. The molecular formula is C21H27N3O4S. The van der Waals surface area contributed by atoms with Gasteiger partial charge in [0.2, 0.25) is 10.0 Å². The van der Waals surface area contributed by atoms with Crippen molar-refractivity contribution in [1.82, 2.24) is 9.62 Å².